The summed E-state index contributed by atoms with van der Waals surface area (Å²) in [6.07, 6.45) is 3.47. The molecule has 1 aliphatic heterocycles. The number of benzene rings is 2. The van der Waals surface area contributed by atoms with Gasteiger partial charge in [-0.05, 0) is 56.6 Å². The summed E-state index contributed by atoms with van der Waals surface area (Å²) in [5.41, 5.74) is 2.13. The highest BCUT2D eigenvalue weighted by Gasteiger charge is 2.26. The molecule has 32 heavy (non-hydrogen) atoms. The number of amides is 1. The second-order valence-corrected chi connectivity index (χ2v) is 9.81. The molecular formula is C24H33N3O4S. The molecule has 1 saturated heterocycles. The molecule has 2 aromatic carbocycles. The SMILES string of the molecule is CCNS(=O)(=O)c1ccc(C)c(C(=O)NCC(c2ccccc2OC)N2CCCCC2)c1. The number of hydrogen-bond acceptors (Lipinski definition) is 5. The van der Waals surface area contributed by atoms with Crippen molar-refractivity contribution in [1.82, 2.24) is 14.9 Å². The van der Waals surface area contributed by atoms with Gasteiger partial charge in [0.2, 0.25) is 10.0 Å². The number of aryl methyl sites for hydroxylation is 1. The lowest BCUT2D eigenvalue weighted by Crippen LogP contribution is -2.41. The Hall–Kier alpha value is -2.42. The van der Waals surface area contributed by atoms with E-state index in [0.717, 1.165) is 42.8 Å². The molecule has 0 aromatic heterocycles. The number of piperidine rings is 1. The molecule has 0 radical (unpaired) electrons. The number of rotatable bonds is 9. The smallest absolute Gasteiger partial charge is 0.251 e. The van der Waals surface area contributed by atoms with Gasteiger partial charge < -0.3 is 10.1 Å². The van der Waals surface area contributed by atoms with Crippen LogP contribution in [0.25, 0.3) is 0 Å². The van der Waals surface area contributed by atoms with Gasteiger partial charge in [0.25, 0.3) is 5.91 Å². The largest absolute Gasteiger partial charge is 0.496 e. The van der Waals surface area contributed by atoms with E-state index >= 15 is 0 Å². The maximum Gasteiger partial charge on any atom is 0.251 e. The van der Waals surface area contributed by atoms with Gasteiger partial charge in [-0.2, -0.15) is 0 Å². The fourth-order valence-electron chi connectivity index (χ4n) is 4.18. The molecule has 0 saturated carbocycles. The number of carbonyl (C=O) groups excluding carboxylic acids is 1. The van der Waals surface area contributed by atoms with Gasteiger partial charge in [-0.25, -0.2) is 13.1 Å². The van der Waals surface area contributed by atoms with Crippen LogP contribution in [0.15, 0.2) is 47.4 Å². The first kappa shape index (κ1) is 24.2. The third-order valence-electron chi connectivity index (χ3n) is 5.88. The average Bonchev–Trinajstić information content (AvgIpc) is 2.80. The molecule has 1 heterocycles. The second kappa shape index (κ2) is 10.9. The fourth-order valence-corrected chi connectivity index (χ4v) is 5.25. The Balaban J connectivity index is 1.84. The van der Waals surface area contributed by atoms with E-state index < -0.39 is 10.0 Å². The van der Waals surface area contributed by atoms with Gasteiger partial charge in [0.15, 0.2) is 0 Å². The van der Waals surface area contributed by atoms with E-state index in [1.807, 2.05) is 24.3 Å². The van der Waals surface area contributed by atoms with E-state index in [-0.39, 0.29) is 23.4 Å². The summed E-state index contributed by atoms with van der Waals surface area (Å²) in [7, 11) is -1.98. The average molecular weight is 460 g/mol. The van der Waals surface area contributed by atoms with Gasteiger partial charge in [-0.3, -0.25) is 9.69 Å². The topological polar surface area (TPSA) is 87.7 Å². The maximum absolute atomic E-state index is 13.1. The summed E-state index contributed by atoms with van der Waals surface area (Å²) < 4.78 is 32.8. The zero-order valence-corrected chi connectivity index (χ0v) is 19.9. The van der Waals surface area contributed by atoms with Crippen LogP contribution in [-0.2, 0) is 10.0 Å². The van der Waals surface area contributed by atoms with Gasteiger partial charge in [-0.1, -0.05) is 37.6 Å². The molecule has 1 unspecified atom stereocenters. The third-order valence-corrected chi connectivity index (χ3v) is 7.43. The second-order valence-electron chi connectivity index (χ2n) is 8.04. The van der Waals surface area contributed by atoms with Crippen molar-refractivity contribution in [2.45, 2.75) is 44.0 Å². The highest BCUT2D eigenvalue weighted by molar-refractivity contribution is 7.89. The molecule has 2 N–H and O–H groups in total. The molecular weight excluding hydrogens is 426 g/mol. The molecule has 8 heteroatoms. The number of likely N-dealkylation sites (tertiary alicyclic amines) is 1. The molecule has 174 valence electrons. The van der Waals surface area contributed by atoms with E-state index in [9.17, 15) is 13.2 Å². The Morgan fingerprint density at radius 2 is 1.84 bits per heavy atom. The third kappa shape index (κ3) is 5.68. The first-order valence-electron chi connectivity index (χ1n) is 11.1. The molecule has 1 aliphatic rings. The zero-order chi connectivity index (χ0) is 23.1. The van der Waals surface area contributed by atoms with Gasteiger partial charge in [0.1, 0.15) is 5.75 Å². The van der Waals surface area contributed by atoms with Crippen molar-refractivity contribution in [1.29, 1.82) is 0 Å². The summed E-state index contributed by atoms with van der Waals surface area (Å²) in [5.74, 6) is 0.514. The zero-order valence-electron chi connectivity index (χ0n) is 19.1. The van der Waals surface area contributed by atoms with Crippen molar-refractivity contribution >= 4 is 15.9 Å². The van der Waals surface area contributed by atoms with Crippen LogP contribution < -0.4 is 14.8 Å². The van der Waals surface area contributed by atoms with Gasteiger partial charge >= 0.3 is 0 Å². The van der Waals surface area contributed by atoms with Crippen LogP contribution in [-0.4, -0.2) is 52.5 Å². The molecule has 7 nitrogen and oxygen atoms in total. The summed E-state index contributed by atoms with van der Waals surface area (Å²) >= 11 is 0. The van der Waals surface area contributed by atoms with Crippen LogP contribution >= 0.6 is 0 Å². The number of ether oxygens (including phenoxy) is 1. The number of sulfonamides is 1. The summed E-state index contributed by atoms with van der Waals surface area (Å²) in [4.78, 5) is 15.6. The van der Waals surface area contributed by atoms with Crippen LogP contribution in [0, 0.1) is 6.92 Å². The quantitative estimate of drug-likeness (QED) is 0.601. The molecule has 1 amide bonds. The van der Waals surface area contributed by atoms with E-state index in [4.69, 9.17) is 4.74 Å². The molecule has 0 aliphatic carbocycles. The number of nitrogens with zero attached hydrogens (tertiary/aromatic N) is 1. The lowest BCUT2D eigenvalue weighted by atomic mass is 10.00. The van der Waals surface area contributed by atoms with Crippen LogP contribution in [0.4, 0.5) is 0 Å². The minimum absolute atomic E-state index is 0.0237. The van der Waals surface area contributed by atoms with Crippen LogP contribution in [0.3, 0.4) is 0 Å². The van der Waals surface area contributed by atoms with Crippen molar-refractivity contribution in [2.24, 2.45) is 0 Å². The first-order valence-corrected chi connectivity index (χ1v) is 12.6. The predicted molar refractivity (Wildman–Crippen MR) is 126 cm³/mol. The summed E-state index contributed by atoms with van der Waals surface area (Å²) in [6.45, 7) is 6.15. The van der Waals surface area contributed by atoms with Gasteiger partial charge in [-0.15, -0.1) is 0 Å². The van der Waals surface area contributed by atoms with E-state index in [0.29, 0.717) is 12.1 Å². The normalized spacial score (nSPS) is 15.8. The Bertz CT molecular complexity index is 1030. The monoisotopic (exact) mass is 459 g/mol. The van der Waals surface area contributed by atoms with Gasteiger partial charge in [0.05, 0.1) is 18.0 Å². The number of methoxy groups -OCH3 is 1. The molecule has 2 aromatic rings. The summed E-state index contributed by atoms with van der Waals surface area (Å²) in [5, 5.41) is 3.05. The van der Waals surface area contributed by atoms with E-state index in [1.165, 1.54) is 18.6 Å². The van der Waals surface area contributed by atoms with Crippen molar-refractivity contribution in [3.63, 3.8) is 0 Å². The molecule has 1 fully saturated rings. The standard InChI is InChI=1S/C24H33N3O4S/c1-4-26-32(29,30)19-13-12-18(2)21(16-19)24(28)25-17-22(27-14-8-5-9-15-27)20-10-6-7-11-23(20)31-3/h6-7,10-13,16,22,26H,4-5,8-9,14-15,17H2,1-3H3,(H,25,28). The van der Waals surface area contributed by atoms with Crippen LogP contribution in [0.5, 0.6) is 5.75 Å². The minimum atomic E-state index is -3.64. The number of para-hydroxylation sites is 1. The van der Waals surface area contributed by atoms with Crippen molar-refractivity contribution in [3.8, 4) is 5.75 Å². The van der Waals surface area contributed by atoms with Crippen LogP contribution in [0.2, 0.25) is 0 Å². The number of nitrogens with one attached hydrogen (secondary N) is 2. The Kier molecular flexibility index (Phi) is 8.28. The lowest BCUT2D eigenvalue weighted by Gasteiger charge is -2.35. The Morgan fingerprint density at radius 1 is 1.12 bits per heavy atom. The highest BCUT2D eigenvalue weighted by atomic mass is 32.2. The van der Waals surface area contributed by atoms with E-state index in [2.05, 4.69) is 14.9 Å². The lowest BCUT2D eigenvalue weighted by molar-refractivity contribution is 0.0922. The number of hydrogen-bond donors (Lipinski definition) is 2. The van der Waals surface area contributed by atoms with Crippen molar-refractivity contribution < 1.29 is 17.9 Å². The summed E-state index contributed by atoms with van der Waals surface area (Å²) in [6, 6.07) is 12.5. The first-order chi connectivity index (χ1) is 15.4. The van der Waals surface area contributed by atoms with Crippen LogP contribution in [0.1, 0.15) is 53.7 Å². The Labute approximate surface area is 191 Å². The van der Waals surface area contributed by atoms with Crippen molar-refractivity contribution in [2.75, 3.05) is 33.3 Å². The maximum atomic E-state index is 13.1. The Morgan fingerprint density at radius 3 is 2.53 bits per heavy atom. The molecule has 1 atom stereocenters. The fraction of sp³-hybridized carbons (Fsp3) is 0.458. The molecule has 0 spiro atoms. The predicted octanol–water partition coefficient (Wildman–Crippen LogP) is 3.26. The number of carbonyl (C=O) groups is 1. The van der Waals surface area contributed by atoms with Crippen molar-refractivity contribution in [3.05, 3.63) is 59.2 Å². The van der Waals surface area contributed by atoms with E-state index in [1.54, 1.807) is 27.0 Å². The molecule has 0 bridgehead atoms. The van der Waals surface area contributed by atoms with Gasteiger partial charge in [0, 0.05) is 24.2 Å². The molecule has 3 rings (SSSR count). The minimum Gasteiger partial charge on any atom is -0.496 e. The highest BCUT2D eigenvalue weighted by Crippen LogP contribution is 2.31.